The number of nitrogens with one attached hydrogen (secondary N) is 1. The van der Waals surface area contributed by atoms with E-state index in [1.807, 2.05) is 36.6 Å². The molecular weight excluding hydrogens is 326 g/mol. The van der Waals surface area contributed by atoms with Gasteiger partial charge in [0, 0.05) is 10.8 Å². The van der Waals surface area contributed by atoms with Gasteiger partial charge in [-0.3, -0.25) is 4.79 Å². The van der Waals surface area contributed by atoms with Gasteiger partial charge in [-0.15, -0.1) is 11.3 Å². The predicted octanol–water partition coefficient (Wildman–Crippen LogP) is 3.29. The third-order valence-corrected chi connectivity index (χ3v) is 4.26. The Labute approximate surface area is 143 Å². The van der Waals surface area contributed by atoms with Crippen LogP contribution >= 0.6 is 11.3 Å². The lowest BCUT2D eigenvalue weighted by Crippen LogP contribution is -2.21. The first-order valence-electron chi connectivity index (χ1n) is 7.38. The molecule has 2 heterocycles. The molecule has 0 atom stereocenters. The number of hydrazone groups is 1. The average molecular weight is 343 g/mol. The largest absolute Gasteiger partial charge is 0.493 e. The third kappa shape index (κ3) is 3.46. The van der Waals surface area contributed by atoms with E-state index < -0.39 is 0 Å². The smallest absolute Gasteiger partial charge is 0.246 e. The number of hydrogen-bond donors (Lipinski definition) is 1. The maximum absolute atomic E-state index is 11.9. The standard InChI is InChI=1S/C17H17N3O3S/c1-10(19-20-16(21)8-13-9-24-11(2)18-13)15-7-12-5-4-6-14(22-3)17(12)23-15/h4-7,9H,8H2,1-3H3,(H,20,21)/b19-10-. The number of nitrogens with zero attached hydrogens (tertiary/aromatic N) is 2. The number of furan rings is 1. The molecule has 6 nitrogen and oxygen atoms in total. The molecule has 0 aliphatic carbocycles. The van der Waals surface area contributed by atoms with Crippen LogP contribution in [0.3, 0.4) is 0 Å². The zero-order chi connectivity index (χ0) is 17.1. The van der Waals surface area contributed by atoms with Crippen LogP contribution in [0.15, 0.2) is 39.2 Å². The van der Waals surface area contributed by atoms with Crippen molar-refractivity contribution >= 4 is 33.9 Å². The number of aryl methyl sites for hydroxylation is 1. The Morgan fingerprint density at radius 3 is 3.00 bits per heavy atom. The third-order valence-electron chi connectivity index (χ3n) is 3.44. The summed E-state index contributed by atoms with van der Waals surface area (Å²) >= 11 is 1.52. The summed E-state index contributed by atoms with van der Waals surface area (Å²) in [6, 6.07) is 7.53. The Bertz CT molecular complexity index is 911. The summed E-state index contributed by atoms with van der Waals surface area (Å²) in [4.78, 5) is 16.2. The first-order chi connectivity index (χ1) is 11.6. The molecule has 3 aromatic rings. The number of rotatable bonds is 5. The summed E-state index contributed by atoms with van der Waals surface area (Å²) < 4.78 is 11.1. The number of hydrogen-bond acceptors (Lipinski definition) is 6. The van der Waals surface area contributed by atoms with Gasteiger partial charge in [-0.1, -0.05) is 12.1 Å². The Morgan fingerprint density at radius 1 is 1.46 bits per heavy atom. The number of thiazole rings is 1. The van der Waals surface area contributed by atoms with Crippen molar-refractivity contribution in [3.63, 3.8) is 0 Å². The van der Waals surface area contributed by atoms with E-state index in [2.05, 4.69) is 15.5 Å². The number of benzene rings is 1. The summed E-state index contributed by atoms with van der Waals surface area (Å²) in [6.45, 7) is 3.68. The van der Waals surface area contributed by atoms with E-state index in [1.165, 1.54) is 11.3 Å². The summed E-state index contributed by atoms with van der Waals surface area (Å²) in [5.41, 5.74) is 4.52. The zero-order valence-corrected chi connectivity index (χ0v) is 14.4. The zero-order valence-electron chi connectivity index (χ0n) is 13.6. The van der Waals surface area contributed by atoms with E-state index in [9.17, 15) is 4.79 Å². The van der Waals surface area contributed by atoms with Crippen LogP contribution in [-0.4, -0.2) is 23.7 Å². The van der Waals surface area contributed by atoms with Crippen molar-refractivity contribution in [2.45, 2.75) is 20.3 Å². The van der Waals surface area contributed by atoms with Crippen LogP contribution in [0, 0.1) is 6.92 Å². The van der Waals surface area contributed by atoms with Gasteiger partial charge in [-0.05, 0) is 26.0 Å². The number of methoxy groups -OCH3 is 1. The molecule has 0 saturated heterocycles. The number of amides is 1. The Kier molecular flexibility index (Phi) is 4.61. The number of fused-ring (bicyclic) bond motifs is 1. The molecule has 0 fully saturated rings. The fourth-order valence-electron chi connectivity index (χ4n) is 2.27. The molecule has 1 amide bonds. The first-order valence-corrected chi connectivity index (χ1v) is 8.26. The van der Waals surface area contributed by atoms with Gasteiger partial charge in [0.05, 0.1) is 24.2 Å². The normalized spacial score (nSPS) is 11.7. The van der Waals surface area contributed by atoms with Crippen LogP contribution in [0.1, 0.15) is 23.4 Å². The Hall–Kier alpha value is -2.67. The van der Waals surface area contributed by atoms with Gasteiger partial charge in [0.2, 0.25) is 5.91 Å². The summed E-state index contributed by atoms with van der Waals surface area (Å²) in [5, 5.41) is 7.84. The van der Waals surface area contributed by atoms with Gasteiger partial charge < -0.3 is 9.15 Å². The van der Waals surface area contributed by atoms with Crippen LogP contribution < -0.4 is 10.2 Å². The molecule has 0 bridgehead atoms. The van der Waals surface area contributed by atoms with Crippen molar-refractivity contribution in [2.24, 2.45) is 5.10 Å². The quantitative estimate of drug-likeness (QED) is 0.570. The highest BCUT2D eigenvalue weighted by atomic mass is 32.1. The molecule has 0 radical (unpaired) electrons. The van der Waals surface area contributed by atoms with Crippen molar-refractivity contribution in [1.82, 2.24) is 10.4 Å². The van der Waals surface area contributed by atoms with Crippen molar-refractivity contribution in [3.05, 3.63) is 46.1 Å². The molecule has 1 aromatic carbocycles. The highest BCUT2D eigenvalue weighted by molar-refractivity contribution is 7.09. The van der Waals surface area contributed by atoms with Gasteiger partial charge in [-0.25, -0.2) is 10.4 Å². The molecule has 24 heavy (non-hydrogen) atoms. The molecule has 3 rings (SSSR count). The molecule has 7 heteroatoms. The highest BCUT2D eigenvalue weighted by Gasteiger charge is 2.11. The topological polar surface area (TPSA) is 76.7 Å². The van der Waals surface area contributed by atoms with E-state index in [-0.39, 0.29) is 12.3 Å². The lowest BCUT2D eigenvalue weighted by Gasteiger charge is -2.00. The van der Waals surface area contributed by atoms with E-state index in [0.717, 1.165) is 16.1 Å². The summed E-state index contributed by atoms with van der Waals surface area (Å²) in [6.07, 6.45) is 0.203. The van der Waals surface area contributed by atoms with Crippen LogP contribution in [0.5, 0.6) is 5.75 Å². The van der Waals surface area contributed by atoms with E-state index in [0.29, 0.717) is 22.8 Å². The van der Waals surface area contributed by atoms with Crippen LogP contribution in [-0.2, 0) is 11.2 Å². The molecule has 2 aromatic heterocycles. The minimum atomic E-state index is -0.214. The van der Waals surface area contributed by atoms with Crippen molar-refractivity contribution in [3.8, 4) is 5.75 Å². The number of carbonyl (C=O) groups is 1. The fraction of sp³-hybridized carbons (Fsp3) is 0.235. The van der Waals surface area contributed by atoms with E-state index in [4.69, 9.17) is 9.15 Å². The molecular formula is C17H17N3O3S. The minimum Gasteiger partial charge on any atom is -0.493 e. The van der Waals surface area contributed by atoms with Crippen molar-refractivity contribution in [2.75, 3.05) is 7.11 Å². The molecule has 0 aliphatic rings. The van der Waals surface area contributed by atoms with Gasteiger partial charge in [0.15, 0.2) is 17.1 Å². The molecule has 0 aliphatic heterocycles. The van der Waals surface area contributed by atoms with Gasteiger partial charge in [0.1, 0.15) is 5.71 Å². The second-order valence-electron chi connectivity index (χ2n) is 5.26. The lowest BCUT2D eigenvalue weighted by atomic mass is 10.2. The molecule has 0 spiro atoms. The average Bonchev–Trinajstić information content (AvgIpc) is 3.18. The number of carbonyl (C=O) groups excluding carboxylic acids is 1. The number of aromatic nitrogens is 1. The number of ether oxygens (including phenoxy) is 1. The molecule has 0 unspecified atom stereocenters. The van der Waals surface area contributed by atoms with Crippen LogP contribution in [0.25, 0.3) is 11.0 Å². The van der Waals surface area contributed by atoms with E-state index in [1.54, 1.807) is 14.0 Å². The maximum atomic E-state index is 11.9. The second-order valence-corrected chi connectivity index (χ2v) is 6.32. The van der Waals surface area contributed by atoms with E-state index >= 15 is 0 Å². The number of para-hydroxylation sites is 1. The summed E-state index contributed by atoms with van der Waals surface area (Å²) in [5.74, 6) is 1.03. The monoisotopic (exact) mass is 343 g/mol. The first kappa shape index (κ1) is 16.2. The molecule has 0 saturated carbocycles. The highest BCUT2D eigenvalue weighted by Crippen LogP contribution is 2.28. The predicted molar refractivity (Wildman–Crippen MR) is 93.7 cm³/mol. The van der Waals surface area contributed by atoms with Gasteiger partial charge in [0.25, 0.3) is 0 Å². The van der Waals surface area contributed by atoms with Crippen molar-refractivity contribution < 1.29 is 13.9 Å². The van der Waals surface area contributed by atoms with Crippen molar-refractivity contribution in [1.29, 1.82) is 0 Å². The molecule has 1 N–H and O–H groups in total. The van der Waals surface area contributed by atoms with Crippen LogP contribution in [0.4, 0.5) is 0 Å². The Morgan fingerprint density at radius 2 is 2.29 bits per heavy atom. The van der Waals surface area contributed by atoms with Gasteiger partial charge >= 0.3 is 0 Å². The molecule has 124 valence electrons. The SMILES string of the molecule is COc1cccc2cc(/C(C)=N\NC(=O)Cc3csc(C)n3)oc12. The Balaban J connectivity index is 1.72. The van der Waals surface area contributed by atoms with Gasteiger partial charge in [-0.2, -0.15) is 5.10 Å². The maximum Gasteiger partial charge on any atom is 0.246 e. The minimum absolute atomic E-state index is 0.203. The fourth-order valence-corrected chi connectivity index (χ4v) is 2.88. The second kappa shape index (κ2) is 6.84. The summed E-state index contributed by atoms with van der Waals surface area (Å²) in [7, 11) is 1.60. The lowest BCUT2D eigenvalue weighted by molar-refractivity contribution is -0.120. The van der Waals surface area contributed by atoms with Crippen LogP contribution in [0.2, 0.25) is 0 Å².